The number of halogens is 4. The molecule has 4 N–H and O–H groups in total. The summed E-state index contributed by atoms with van der Waals surface area (Å²) in [6, 6.07) is 1.96. The summed E-state index contributed by atoms with van der Waals surface area (Å²) in [5.74, 6) is -1.32. The van der Waals surface area contributed by atoms with E-state index in [1.54, 1.807) is 0 Å². The van der Waals surface area contributed by atoms with Gasteiger partial charge in [-0.25, -0.2) is 0 Å². The van der Waals surface area contributed by atoms with Crippen molar-refractivity contribution in [3.8, 4) is 5.75 Å². The normalized spacial score (nSPS) is 11.4. The molecule has 12 heteroatoms. The van der Waals surface area contributed by atoms with Crippen molar-refractivity contribution in [1.82, 2.24) is 0 Å². The lowest BCUT2D eigenvalue weighted by Gasteiger charge is -2.11. The number of alkyl halides is 3. The fourth-order valence-corrected chi connectivity index (χ4v) is 1.74. The quantitative estimate of drug-likeness (QED) is 0.362. The van der Waals surface area contributed by atoms with Gasteiger partial charge in [0.15, 0.2) is 0 Å². The number of rotatable bonds is 4. The number of nitrogens with zero attached hydrogens (tertiary/aromatic N) is 3. The summed E-state index contributed by atoms with van der Waals surface area (Å²) in [5, 5.41) is 17.5. The standard InChI is InChI=1S/C9H7BrF3N5O3/c10-5-1-4(3-16-17-8(14)15)2-6(18(19)20)7(5)21-9(11,12)13/h1-3H,(H4,14,15,17). The summed E-state index contributed by atoms with van der Waals surface area (Å²) in [7, 11) is 0. The maximum absolute atomic E-state index is 12.2. The minimum Gasteiger partial charge on any atom is -0.397 e. The molecule has 21 heavy (non-hydrogen) atoms. The summed E-state index contributed by atoms with van der Waals surface area (Å²) < 4.78 is 40.0. The van der Waals surface area contributed by atoms with Crippen LogP contribution in [0.5, 0.6) is 5.75 Å². The molecule has 0 bridgehead atoms. The van der Waals surface area contributed by atoms with Crippen molar-refractivity contribution in [1.29, 1.82) is 0 Å². The Balaban J connectivity index is 3.28. The molecule has 0 radical (unpaired) electrons. The number of benzene rings is 1. The Morgan fingerprint density at radius 2 is 2.05 bits per heavy atom. The maximum atomic E-state index is 12.2. The number of nitro groups is 1. The number of guanidine groups is 1. The lowest BCUT2D eigenvalue weighted by atomic mass is 10.2. The largest absolute Gasteiger partial charge is 0.573 e. The summed E-state index contributed by atoms with van der Waals surface area (Å²) >= 11 is 2.76. The third-order valence-electron chi connectivity index (χ3n) is 1.84. The fraction of sp³-hybridized carbons (Fsp3) is 0.111. The lowest BCUT2D eigenvalue weighted by molar-refractivity contribution is -0.388. The number of nitro benzene ring substituents is 1. The molecule has 0 aliphatic carbocycles. The van der Waals surface area contributed by atoms with Gasteiger partial charge in [-0.3, -0.25) is 10.1 Å². The molecule has 0 aromatic heterocycles. The molecular weight excluding hydrogens is 363 g/mol. The van der Waals surface area contributed by atoms with E-state index in [-0.39, 0.29) is 16.0 Å². The Morgan fingerprint density at radius 1 is 1.43 bits per heavy atom. The number of ether oxygens (including phenoxy) is 1. The topological polar surface area (TPSA) is 129 Å². The zero-order chi connectivity index (χ0) is 16.2. The van der Waals surface area contributed by atoms with Crippen molar-refractivity contribution in [3.05, 3.63) is 32.3 Å². The van der Waals surface area contributed by atoms with Gasteiger partial charge in [0, 0.05) is 11.6 Å². The molecule has 1 rings (SSSR count). The van der Waals surface area contributed by atoms with Crippen LogP contribution in [0, 0.1) is 10.1 Å². The fourth-order valence-electron chi connectivity index (χ4n) is 1.19. The van der Waals surface area contributed by atoms with Crippen LogP contribution in [0.4, 0.5) is 18.9 Å². The minimum atomic E-state index is -5.07. The monoisotopic (exact) mass is 369 g/mol. The zero-order valence-electron chi connectivity index (χ0n) is 9.96. The van der Waals surface area contributed by atoms with Gasteiger partial charge in [0.25, 0.3) is 0 Å². The SMILES string of the molecule is NC(N)=NN=Cc1cc(Br)c(OC(F)(F)F)c([N+](=O)[O-])c1. The molecule has 0 atom stereocenters. The predicted octanol–water partition coefficient (Wildman–Crippen LogP) is 1.86. The molecule has 0 aliphatic rings. The summed E-state index contributed by atoms with van der Waals surface area (Å²) in [6.45, 7) is 0. The van der Waals surface area contributed by atoms with Crippen molar-refractivity contribution >= 4 is 33.8 Å². The van der Waals surface area contributed by atoms with Crippen molar-refractivity contribution in [2.24, 2.45) is 21.7 Å². The van der Waals surface area contributed by atoms with Crippen LogP contribution in [0.2, 0.25) is 0 Å². The lowest BCUT2D eigenvalue weighted by Crippen LogP contribution is -2.21. The summed E-state index contributed by atoms with van der Waals surface area (Å²) in [5.41, 5.74) is 9.21. The van der Waals surface area contributed by atoms with Crippen LogP contribution in [0.15, 0.2) is 26.8 Å². The van der Waals surface area contributed by atoms with Gasteiger partial charge in [0.2, 0.25) is 11.7 Å². The molecule has 0 saturated heterocycles. The van der Waals surface area contributed by atoms with E-state index >= 15 is 0 Å². The molecular formula is C9H7BrF3N5O3. The van der Waals surface area contributed by atoms with Crippen molar-refractivity contribution < 1.29 is 22.8 Å². The molecule has 0 amide bonds. The maximum Gasteiger partial charge on any atom is 0.573 e. The number of nitrogens with two attached hydrogens (primary N) is 2. The van der Waals surface area contributed by atoms with Crippen LogP contribution in [-0.4, -0.2) is 23.5 Å². The van der Waals surface area contributed by atoms with E-state index in [0.717, 1.165) is 18.3 Å². The molecule has 114 valence electrons. The van der Waals surface area contributed by atoms with Crippen LogP contribution >= 0.6 is 15.9 Å². The first-order valence-corrected chi connectivity index (χ1v) is 5.75. The van der Waals surface area contributed by atoms with Crippen LogP contribution in [-0.2, 0) is 0 Å². The van der Waals surface area contributed by atoms with Gasteiger partial charge < -0.3 is 16.2 Å². The van der Waals surface area contributed by atoms with E-state index in [0.29, 0.717) is 0 Å². The first kappa shape index (κ1) is 16.7. The Morgan fingerprint density at radius 3 is 2.52 bits per heavy atom. The highest BCUT2D eigenvalue weighted by molar-refractivity contribution is 9.10. The molecule has 1 aromatic carbocycles. The van der Waals surface area contributed by atoms with Gasteiger partial charge in [-0.05, 0) is 22.0 Å². The molecule has 0 fully saturated rings. The van der Waals surface area contributed by atoms with Crippen LogP contribution in [0.3, 0.4) is 0 Å². The number of hydrogen-bond donors (Lipinski definition) is 2. The van der Waals surface area contributed by atoms with Gasteiger partial charge in [0.1, 0.15) is 0 Å². The first-order chi connectivity index (χ1) is 9.60. The van der Waals surface area contributed by atoms with Crippen LogP contribution < -0.4 is 16.2 Å². The third kappa shape index (κ3) is 5.25. The Kier molecular flexibility index (Phi) is 5.07. The van der Waals surface area contributed by atoms with E-state index in [9.17, 15) is 23.3 Å². The summed E-state index contributed by atoms with van der Waals surface area (Å²) in [6.07, 6.45) is -4.05. The Labute approximate surface area is 123 Å². The van der Waals surface area contributed by atoms with Crippen LogP contribution in [0.1, 0.15) is 5.56 Å². The first-order valence-electron chi connectivity index (χ1n) is 4.96. The number of hydrogen-bond acceptors (Lipinski definition) is 5. The third-order valence-corrected chi connectivity index (χ3v) is 2.43. The van der Waals surface area contributed by atoms with Crippen molar-refractivity contribution in [2.75, 3.05) is 0 Å². The highest BCUT2D eigenvalue weighted by Crippen LogP contribution is 2.39. The highest BCUT2D eigenvalue weighted by Gasteiger charge is 2.35. The molecule has 1 aromatic rings. The van der Waals surface area contributed by atoms with Crippen molar-refractivity contribution in [2.45, 2.75) is 6.36 Å². The van der Waals surface area contributed by atoms with E-state index in [1.807, 2.05) is 0 Å². The second-order valence-electron chi connectivity index (χ2n) is 3.43. The van der Waals surface area contributed by atoms with Crippen molar-refractivity contribution in [3.63, 3.8) is 0 Å². The molecule has 0 aliphatic heterocycles. The zero-order valence-corrected chi connectivity index (χ0v) is 11.6. The van der Waals surface area contributed by atoms with Gasteiger partial charge in [-0.15, -0.1) is 18.3 Å². The van der Waals surface area contributed by atoms with E-state index in [1.165, 1.54) is 0 Å². The molecule has 0 spiro atoms. The van der Waals surface area contributed by atoms with E-state index in [2.05, 4.69) is 30.9 Å². The summed E-state index contributed by atoms with van der Waals surface area (Å²) in [4.78, 5) is 9.80. The Hall–Kier alpha value is -2.37. The molecule has 0 unspecified atom stereocenters. The second kappa shape index (κ2) is 6.39. The second-order valence-corrected chi connectivity index (χ2v) is 4.28. The van der Waals surface area contributed by atoms with Gasteiger partial charge >= 0.3 is 12.0 Å². The van der Waals surface area contributed by atoms with Gasteiger partial charge in [-0.1, -0.05) is 0 Å². The smallest absolute Gasteiger partial charge is 0.397 e. The average molecular weight is 370 g/mol. The average Bonchev–Trinajstić information content (AvgIpc) is 2.29. The van der Waals surface area contributed by atoms with Gasteiger partial charge in [-0.2, -0.15) is 5.10 Å². The van der Waals surface area contributed by atoms with E-state index < -0.39 is 22.7 Å². The van der Waals surface area contributed by atoms with E-state index in [4.69, 9.17) is 11.5 Å². The van der Waals surface area contributed by atoms with Crippen LogP contribution in [0.25, 0.3) is 0 Å². The molecule has 8 nitrogen and oxygen atoms in total. The Bertz CT molecular complexity index is 613. The highest BCUT2D eigenvalue weighted by atomic mass is 79.9. The predicted molar refractivity (Wildman–Crippen MR) is 70.9 cm³/mol. The minimum absolute atomic E-state index is 0.0908. The molecule has 0 saturated carbocycles. The van der Waals surface area contributed by atoms with Gasteiger partial charge in [0.05, 0.1) is 15.6 Å². The molecule has 0 heterocycles.